The number of fused-ring (bicyclic) bond motifs is 1. The summed E-state index contributed by atoms with van der Waals surface area (Å²) in [6.45, 7) is 1.13. The Hall–Kier alpha value is -2.21. The van der Waals surface area contributed by atoms with Crippen molar-refractivity contribution in [3.8, 4) is 0 Å². The van der Waals surface area contributed by atoms with Crippen LogP contribution in [-0.4, -0.2) is 13.4 Å². The lowest BCUT2D eigenvalue weighted by molar-refractivity contribution is 1.13. The first kappa shape index (κ1) is 14.4. The first-order valence-electron chi connectivity index (χ1n) is 8.59. The van der Waals surface area contributed by atoms with Crippen molar-refractivity contribution in [3.63, 3.8) is 0 Å². The van der Waals surface area contributed by atoms with Crippen LogP contribution in [0.4, 0.5) is 0 Å². The predicted octanol–water partition coefficient (Wildman–Crippen LogP) is 2.79. The Morgan fingerprint density at radius 1 is 0.609 bits per heavy atom. The fraction of sp³-hybridized carbons (Fsp3) is 0.143. The smallest absolute Gasteiger partial charge is 0.0817 e. The molecule has 3 aromatic carbocycles. The molecule has 4 rings (SSSR count). The van der Waals surface area contributed by atoms with E-state index in [9.17, 15) is 0 Å². The van der Waals surface area contributed by atoms with Crippen molar-refractivity contribution in [3.05, 3.63) is 90.5 Å². The third kappa shape index (κ3) is 2.99. The van der Waals surface area contributed by atoms with Crippen molar-refractivity contribution in [2.24, 2.45) is 0 Å². The predicted molar refractivity (Wildman–Crippen MR) is 103 cm³/mol. The van der Waals surface area contributed by atoms with Gasteiger partial charge in [0.15, 0.2) is 6.71 Å². The zero-order chi connectivity index (χ0) is 15.5. The van der Waals surface area contributed by atoms with Gasteiger partial charge in [-0.2, -0.15) is 0 Å². The van der Waals surface area contributed by atoms with Gasteiger partial charge >= 0.3 is 0 Å². The van der Waals surface area contributed by atoms with Gasteiger partial charge in [-0.25, -0.2) is 0 Å². The zero-order valence-corrected chi connectivity index (χ0v) is 13.4. The molecule has 1 heterocycles. The summed E-state index contributed by atoms with van der Waals surface area (Å²) < 4.78 is 0. The minimum Gasteiger partial charge on any atom is -0.0817 e. The maximum absolute atomic E-state index is 2.33. The van der Waals surface area contributed by atoms with E-state index in [1.807, 2.05) is 0 Å². The molecule has 0 amide bonds. The van der Waals surface area contributed by atoms with E-state index >= 15 is 0 Å². The topological polar surface area (TPSA) is 0 Å². The minimum absolute atomic E-state index is 0.500. The third-order valence-corrected chi connectivity index (χ3v) is 5.19. The highest BCUT2D eigenvalue weighted by atomic mass is 14.1. The quantitative estimate of drug-likeness (QED) is 0.638. The molecule has 0 aliphatic carbocycles. The normalized spacial score (nSPS) is 14.3. The second kappa shape index (κ2) is 6.50. The SMILES string of the molecule is c1ccc(B2CCc3ccccc3B(c3ccccc3)C2)cc1. The van der Waals surface area contributed by atoms with Crippen molar-refractivity contribution in [2.75, 3.05) is 0 Å². The maximum Gasteiger partial charge on any atom is 0.202 e. The highest BCUT2D eigenvalue weighted by Gasteiger charge is 2.31. The van der Waals surface area contributed by atoms with Crippen molar-refractivity contribution in [1.29, 1.82) is 0 Å². The molecular weight excluding hydrogens is 274 g/mol. The van der Waals surface area contributed by atoms with Gasteiger partial charge in [0.25, 0.3) is 0 Å². The number of hydrogen-bond donors (Lipinski definition) is 0. The monoisotopic (exact) mass is 294 g/mol. The van der Waals surface area contributed by atoms with Gasteiger partial charge in [-0.15, -0.1) is 0 Å². The second-order valence-corrected chi connectivity index (χ2v) is 6.54. The Morgan fingerprint density at radius 3 is 1.96 bits per heavy atom. The van der Waals surface area contributed by atoms with Gasteiger partial charge in [0.1, 0.15) is 0 Å². The zero-order valence-electron chi connectivity index (χ0n) is 13.4. The number of aryl methyl sites for hydroxylation is 1. The van der Waals surface area contributed by atoms with E-state index in [1.54, 1.807) is 0 Å². The van der Waals surface area contributed by atoms with Crippen LogP contribution in [0.5, 0.6) is 0 Å². The Balaban J connectivity index is 1.76. The van der Waals surface area contributed by atoms with Gasteiger partial charge in [-0.05, 0) is 6.42 Å². The van der Waals surface area contributed by atoms with Crippen molar-refractivity contribution < 1.29 is 0 Å². The molecule has 0 fully saturated rings. The fourth-order valence-corrected chi connectivity index (χ4v) is 3.99. The summed E-state index contributed by atoms with van der Waals surface area (Å²) in [4.78, 5) is 0. The summed E-state index contributed by atoms with van der Waals surface area (Å²) in [5.74, 6) is 0. The van der Waals surface area contributed by atoms with E-state index in [1.165, 1.54) is 40.9 Å². The first-order valence-corrected chi connectivity index (χ1v) is 8.59. The molecule has 0 atom stereocenters. The molecule has 1 aliphatic rings. The summed E-state index contributed by atoms with van der Waals surface area (Å²) >= 11 is 0. The van der Waals surface area contributed by atoms with Crippen LogP contribution in [0.2, 0.25) is 12.5 Å². The van der Waals surface area contributed by atoms with Gasteiger partial charge in [-0.1, -0.05) is 119 Å². The Morgan fingerprint density at radius 2 is 1.22 bits per heavy atom. The first-order chi connectivity index (χ1) is 11.4. The van der Waals surface area contributed by atoms with Crippen LogP contribution in [0.3, 0.4) is 0 Å². The molecule has 0 aromatic heterocycles. The van der Waals surface area contributed by atoms with Gasteiger partial charge in [0.05, 0.1) is 0 Å². The molecule has 0 saturated heterocycles. The molecule has 0 nitrogen and oxygen atoms in total. The van der Waals surface area contributed by atoms with Crippen LogP contribution in [0.1, 0.15) is 5.56 Å². The van der Waals surface area contributed by atoms with Gasteiger partial charge in [-0.3, -0.25) is 0 Å². The lowest BCUT2D eigenvalue weighted by Gasteiger charge is -2.18. The van der Waals surface area contributed by atoms with E-state index in [0.29, 0.717) is 13.4 Å². The highest BCUT2D eigenvalue weighted by Crippen LogP contribution is 2.16. The van der Waals surface area contributed by atoms with Crippen LogP contribution in [0.25, 0.3) is 0 Å². The maximum atomic E-state index is 2.33. The van der Waals surface area contributed by atoms with Crippen LogP contribution in [-0.2, 0) is 6.42 Å². The van der Waals surface area contributed by atoms with E-state index < -0.39 is 0 Å². The Bertz CT molecular complexity index is 768. The van der Waals surface area contributed by atoms with Crippen molar-refractivity contribution in [1.82, 2.24) is 0 Å². The summed E-state index contributed by atoms with van der Waals surface area (Å²) in [6, 6.07) is 31.1. The van der Waals surface area contributed by atoms with E-state index in [0.717, 1.165) is 0 Å². The molecule has 1 aliphatic heterocycles. The Kier molecular flexibility index (Phi) is 4.06. The molecule has 0 spiro atoms. The third-order valence-electron chi connectivity index (χ3n) is 5.19. The molecule has 3 aromatic rings. The molecule has 0 saturated carbocycles. The Labute approximate surface area is 139 Å². The summed E-state index contributed by atoms with van der Waals surface area (Å²) in [5, 5.41) is 0. The average molecular weight is 294 g/mol. The molecule has 0 bridgehead atoms. The van der Waals surface area contributed by atoms with Crippen LogP contribution in [0, 0.1) is 0 Å². The molecule has 23 heavy (non-hydrogen) atoms. The second-order valence-electron chi connectivity index (χ2n) is 6.54. The number of hydrogen-bond acceptors (Lipinski definition) is 0. The lowest BCUT2D eigenvalue weighted by atomic mass is 9.23. The number of benzene rings is 3. The van der Waals surface area contributed by atoms with E-state index in [2.05, 4.69) is 84.9 Å². The number of rotatable bonds is 2. The molecule has 0 N–H and O–H groups in total. The van der Waals surface area contributed by atoms with Gasteiger partial charge in [0, 0.05) is 0 Å². The largest absolute Gasteiger partial charge is 0.202 e. The van der Waals surface area contributed by atoms with E-state index in [4.69, 9.17) is 0 Å². The average Bonchev–Trinajstić information content (AvgIpc) is 2.83. The molecule has 0 radical (unpaired) electrons. The van der Waals surface area contributed by atoms with Gasteiger partial charge in [0.2, 0.25) is 6.71 Å². The van der Waals surface area contributed by atoms with E-state index in [-0.39, 0.29) is 0 Å². The van der Waals surface area contributed by atoms with Crippen LogP contribution < -0.4 is 16.4 Å². The molecular formula is C21H20B2. The summed E-state index contributed by atoms with van der Waals surface area (Å²) in [7, 11) is 0. The van der Waals surface area contributed by atoms with Crippen molar-refractivity contribution in [2.45, 2.75) is 19.0 Å². The minimum atomic E-state index is 0.500. The fourth-order valence-electron chi connectivity index (χ4n) is 3.99. The highest BCUT2D eigenvalue weighted by molar-refractivity contribution is 6.97. The molecule has 0 unspecified atom stereocenters. The molecule has 110 valence electrons. The van der Waals surface area contributed by atoms with Crippen LogP contribution >= 0.6 is 0 Å². The summed E-state index contributed by atoms with van der Waals surface area (Å²) in [6.07, 6.45) is 3.62. The van der Waals surface area contributed by atoms with Crippen LogP contribution in [0.15, 0.2) is 84.9 Å². The standard InChI is InChI=1S/C21H20B2/c1-3-10-19(11-4-1)22-16-15-18-9-7-8-14-21(18)23(17-22)20-12-5-2-6-13-20/h1-14H,15-17H2. The van der Waals surface area contributed by atoms with Crippen molar-refractivity contribution >= 4 is 29.8 Å². The van der Waals surface area contributed by atoms with Gasteiger partial charge < -0.3 is 0 Å². The lowest BCUT2D eigenvalue weighted by Crippen LogP contribution is -2.47. The molecule has 2 heteroatoms. The summed E-state index contributed by atoms with van der Waals surface area (Å²) in [5.41, 5.74) is 5.99.